The van der Waals surface area contributed by atoms with Gasteiger partial charge in [0.05, 0.1) is 29.9 Å². The molecule has 5 aliphatic rings. The van der Waals surface area contributed by atoms with Crippen LogP contribution in [0.5, 0.6) is 11.5 Å². The molecule has 10 heteroatoms. The highest BCUT2D eigenvalue weighted by Gasteiger charge is 2.62. The van der Waals surface area contributed by atoms with Crippen LogP contribution in [0.2, 0.25) is 0 Å². The van der Waals surface area contributed by atoms with Crippen molar-refractivity contribution in [3.05, 3.63) is 47.2 Å². The zero-order valence-electron chi connectivity index (χ0n) is 17.2. The monoisotopic (exact) mass is 452 g/mol. The largest absolute Gasteiger partial charge is 0.508 e. The van der Waals surface area contributed by atoms with E-state index < -0.39 is 59.1 Å². The summed E-state index contributed by atoms with van der Waals surface area (Å²) < 4.78 is 5.76. The second-order valence-corrected chi connectivity index (χ2v) is 9.28. The lowest BCUT2D eigenvalue weighted by Gasteiger charge is -2.44. The maximum absolute atomic E-state index is 12.9. The minimum Gasteiger partial charge on any atom is -0.508 e. The standard InChI is InChI=1S/C23H20N2O8/c26-11-1-4-16-9(6-11)5-10(8-33-16)17-12-2-3-13-18(22(29)24(31)20(13)27)14(12)7-15-19(17)23(30)25(32)21(15)28/h1-2,4,6,8,13-15,17-19,26,31-32H,3,5,7H2/t13-,14+,15+,17-,18-,19+/m0/s1. The Morgan fingerprint density at radius 3 is 2.33 bits per heavy atom. The maximum Gasteiger partial charge on any atom is 0.258 e. The van der Waals surface area contributed by atoms with Crippen molar-refractivity contribution in [2.24, 2.45) is 35.5 Å². The molecule has 1 aromatic carbocycles. The second-order valence-electron chi connectivity index (χ2n) is 9.28. The van der Waals surface area contributed by atoms with E-state index in [9.17, 15) is 34.7 Å². The molecule has 3 fully saturated rings. The first-order valence-corrected chi connectivity index (χ1v) is 10.8. The van der Waals surface area contributed by atoms with E-state index in [1.807, 2.05) is 6.08 Å². The minimum atomic E-state index is -0.868. The summed E-state index contributed by atoms with van der Waals surface area (Å²) in [7, 11) is 0. The summed E-state index contributed by atoms with van der Waals surface area (Å²) in [4.78, 5) is 50.8. The van der Waals surface area contributed by atoms with E-state index >= 15 is 0 Å². The number of hydrogen-bond acceptors (Lipinski definition) is 8. The molecule has 0 aromatic heterocycles. The van der Waals surface area contributed by atoms with Crippen LogP contribution in [0.4, 0.5) is 0 Å². The number of hydroxylamine groups is 4. The van der Waals surface area contributed by atoms with Gasteiger partial charge in [0.15, 0.2) is 0 Å². The number of carbonyl (C=O) groups is 4. The molecular weight excluding hydrogens is 432 g/mol. The molecule has 6 atom stereocenters. The molecule has 2 aliphatic carbocycles. The van der Waals surface area contributed by atoms with Gasteiger partial charge in [-0.2, -0.15) is 10.1 Å². The maximum atomic E-state index is 12.9. The molecule has 0 unspecified atom stereocenters. The number of carbonyl (C=O) groups excluding carboxylic acids is 4. The summed E-state index contributed by atoms with van der Waals surface area (Å²) in [5.74, 6) is -6.66. The summed E-state index contributed by atoms with van der Waals surface area (Å²) in [5, 5.41) is 30.3. The zero-order chi connectivity index (χ0) is 23.2. The van der Waals surface area contributed by atoms with Gasteiger partial charge < -0.3 is 9.84 Å². The molecule has 6 rings (SSSR count). The number of rotatable bonds is 1. The highest BCUT2D eigenvalue weighted by molar-refractivity contribution is 6.06. The summed E-state index contributed by atoms with van der Waals surface area (Å²) in [6.07, 6.45) is 4.03. The zero-order valence-corrected chi connectivity index (χ0v) is 17.2. The number of amides is 4. The lowest BCUT2D eigenvalue weighted by Crippen LogP contribution is -2.44. The molecular formula is C23H20N2O8. The van der Waals surface area contributed by atoms with Crippen molar-refractivity contribution in [1.29, 1.82) is 0 Å². The van der Waals surface area contributed by atoms with Crippen LogP contribution in [0.25, 0.3) is 0 Å². The molecule has 1 aromatic rings. The van der Waals surface area contributed by atoms with Gasteiger partial charge in [0.2, 0.25) is 0 Å². The summed E-state index contributed by atoms with van der Waals surface area (Å²) in [6, 6.07) is 4.70. The molecule has 0 bridgehead atoms. The predicted molar refractivity (Wildman–Crippen MR) is 106 cm³/mol. The fourth-order valence-electron chi connectivity index (χ4n) is 6.38. The number of nitrogens with zero attached hydrogens (tertiary/aromatic N) is 2. The van der Waals surface area contributed by atoms with Gasteiger partial charge in [-0.3, -0.25) is 29.6 Å². The van der Waals surface area contributed by atoms with Crippen LogP contribution in [0.3, 0.4) is 0 Å². The van der Waals surface area contributed by atoms with Crippen molar-refractivity contribution in [1.82, 2.24) is 10.1 Å². The van der Waals surface area contributed by atoms with E-state index in [2.05, 4.69) is 0 Å². The van der Waals surface area contributed by atoms with Crippen LogP contribution in [-0.4, -0.2) is 49.3 Å². The number of fused-ring (bicyclic) bond motifs is 5. The Kier molecular flexibility index (Phi) is 4.12. The van der Waals surface area contributed by atoms with Crippen LogP contribution in [0, 0.1) is 35.5 Å². The Hall–Kier alpha value is -3.50. The number of phenols is 1. The minimum absolute atomic E-state index is 0.0597. The van der Waals surface area contributed by atoms with Gasteiger partial charge in [-0.15, -0.1) is 0 Å². The predicted octanol–water partition coefficient (Wildman–Crippen LogP) is 1.16. The van der Waals surface area contributed by atoms with Crippen LogP contribution in [0.15, 0.2) is 41.7 Å². The summed E-state index contributed by atoms with van der Waals surface area (Å²) in [5.41, 5.74) is 2.11. The quantitative estimate of drug-likeness (QED) is 0.327. The van der Waals surface area contributed by atoms with E-state index in [0.29, 0.717) is 23.3 Å². The normalized spacial score (nSPS) is 34.8. The molecule has 0 spiro atoms. The van der Waals surface area contributed by atoms with E-state index in [1.165, 1.54) is 12.3 Å². The Labute approximate surface area is 187 Å². The molecule has 170 valence electrons. The SMILES string of the molecule is O=C1[C@H]2[C@H](CC=C3[C@H](C4=COc5ccc(O)cc5C4)[C@@H]4C(=O)N(O)C(=O)[C@@H]4C[C@H]32)C(=O)N1O. The lowest BCUT2D eigenvalue weighted by atomic mass is 9.56. The van der Waals surface area contributed by atoms with Crippen molar-refractivity contribution in [3.8, 4) is 11.5 Å². The fourth-order valence-corrected chi connectivity index (χ4v) is 6.38. The van der Waals surface area contributed by atoms with Crippen molar-refractivity contribution in [2.45, 2.75) is 19.3 Å². The number of allylic oxidation sites excluding steroid dienone is 3. The molecule has 0 radical (unpaired) electrons. The molecule has 3 aliphatic heterocycles. The van der Waals surface area contributed by atoms with Crippen LogP contribution in [0.1, 0.15) is 18.4 Å². The lowest BCUT2D eigenvalue weighted by molar-refractivity contribution is -0.174. The van der Waals surface area contributed by atoms with E-state index in [0.717, 1.165) is 5.57 Å². The first kappa shape index (κ1) is 20.1. The number of phenolic OH excluding ortho intramolecular Hbond substituents is 1. The Balaban J connectivity index is 1.46. The van der Waals surface area contributed by atoms with E-state index in [4.69, 9.17) is 4.74 Å². The third-order valence-corrected chi connectivity index (χ3v) is 7.78. The molecule has 10 nitrogen and oxygen atoms in total. The molecule has 1 saturated carbocycles. The van der Waals surface area contributed by atoms with Gasteiger partial charge in [0.1, 0.15) is 11.5 Å². The first-order valence-electron chi connectivity index (χ1n) is 10.8. The van der Waals surface area contributed by atoms with E-state index in [1.54, 1.807) is 12.1 Å². The van der Waals surface area contributed by atoms with Gasteiger partial charge in [-0.05, 0) is 42.5 Å². The molecule has 2 saturated heterocycles. The third-order valence-electron chi connectivity index (χ3n) is 7.78. The first-order chi connectivity index (χ1) is 15.8. The number of benzene rings is 1. The number of aromatic hydroxyl groups is 1. The van der Waals surface area contributed by atoms with Gasteiger partial charge in [0, 0.05) is 17.9 Å². The van der Waals surface area contributed by atoms with Gasteiger partial charge in [0.25, 0.3) is 23.6 Å². The van der Waals surface area contributed by atoms with Gasteiger partial charge >= 0.3 is 0 Å². The van der Waals surface area contributed by atoms with Crippen molar-refractivity contribution in [3.63, 3.8) is 0 Å². The molecule has 33 heavy (non-hydrogen) atoms. The van der Waals surface area contributed by atoms with Crippen molar-refractivity contribution >= 4 is 23.6 Å². The number of ether oxygens (including phenoxy) is 1. The highest BCUT2D eigenvalue weighted by Crippen LogP contribution is 2.57. The number of imide groups is 2. The van der Waals surface area contributed by atoms with Gasteiger partial charge in [-0.25, -0.2) is 0 Å². The van der Waals surface area contributed by atoms with Crippen LogP contribution >= 0.6 is 0 Å². The smallest absolute Gasteiger partial charge is 0.258 e. The summed E-state index contributed by atoms with van der Waals surface area (Å²) in [6.45, 7) is 0. The van der Waals surface area contributed by atoms with Crippen LogP contribution < -0.4 is 4.74 Å². The molecule has 4 amide bonds. The van der Waals surface area contributed by atoms with Crippen molar-refractivity contribution < 1.29 is 39.4 Å². The second kappa shape index (κ2) is 6.75. The fraction of sp³-hybridized carbons (Fsp3) is 0.391. The molecule has 3 heterocycles. The third kappa shape index (κ3) is 2.61. The van der Waals surface area contributed by atoms with Crippen molar-refractivity contribution in [2.75, 3.05) is 0 Å². The average Bonchev–Trinajstić information content (AvgIpc) is 3.17. The average molecular weight is 452 g/mol. The highest BCUT2D eigenvalue weighted by atomic mass is 16.5. The van der Waals surface area contributed by atoms with E-state index in [-0.39, 0.29) is 28.7 Å². The Morgan fingerprint density at radius 2 is 1.58 bits per heavy atom. The van der Waals surface area contributed by atoms with Crippen LogP contribution in [-0.2, 0) is 25.6 Å². The summed E-state index contributed by atoms with van der Waals surface area (Å²) >= 11 is 0. The Morgan fingerprint density at radius 1 is 0.879 bits per heavy atom. The van der Waals surface area contributed by atoms with Gasteiger partial charge in [-0.1, -0.05) is 11.6 Å². The molecule has 3 N–H and O–H groups in total. The topological polar surface area (TPSA) is 145 Å². The Bertz CT molecular complexity index is 1200. The number of hydrogen-bond donors (Lipinski definition) is 3.